The van der Waals surface area contributed by atoms with Gasteiger partial charge < -0.3 is 0 Å². The van der Waals surface area contributed by atoms with Crippen molar-refractivity contribution in [3.8, 4) is 11.4 Å². The molecule has 0 aliphatic rings. The van der Waals surface area contributed by atoms with Crippen molar-refractivity contribution in [2.24, 2.45) is 0 Å². The van der Waals surface area contributed by atoms with Crippen LogP contribution in [0.1, 0.15) is 5.69 Å². The highest BCUT2D eigenvalue weighted by atomic mass is 35.5. The third kappa shape index (κ3) is 1.87. The van der Waals surface area contributed by atoms with Gasteiger partial charge >= 0.3 is 0 Å². The van der Waals surface area contributed by atoms with Crippen molar-refractivity contribution in [3.63, 3.8) is 0 Å². The lowest BCUT2D eigenvalue weighted by atomic mass is 10.3. The third-order valence-corrected chi connectivity index (χ3v) is 2.59. The quantitative estimate of drug-likeness (QED) is 0.713. The summed E-state index contributed by atoms with van der Waals surface area (Å²) in [5.41, 5.74) is 1.91. The van der Waals surface area contributed by atoms with Gasteiger partial charge in [-0.2, -0.15) is 11.3 Å². The molecule has 2 nitrogen and oxygen atoms in total. The second-order valence-corrected chi connectivity index (χ2v) is 3.56. The molecule has 0 bridgehead atoms. The van der Waals surface area contributed by atoms with Crippen LogP contribution in [0, 0.1) is 0 Å². The molecule has 2 heterocycles. The van der Waals surface area contributed by atoms with Crippen LogP contribution in [0.4, 0.5) is 0 Å². The SMILES string of the molecule is ClCc1ccnc(-c2ccsc2)n1. The summed E-state index contributed by atoms with van der Waals surface area (Å²) in [5.74, 6) is 1.18. The second-order valence-electron chi connectivity index (χ2n) is 2.52. The summed E-state index contributed by atoms with van der Waals surface area (Å²) in [6.45, 7) is 0. The van der Waals surface area contributed by atoms with Gasteiger partial charge in [0, 0.05) is 17.1 Å². The number of alkyl halides is 1. The smallest absolute Gasteiger partial charge is 0.160 e. The minimum Gasteiger partial charge on any atom is -0.237 e. The number of hydrogen-bond donors (Lipinski definition) is 0. The Morgan fingerprint density at radius 1 is 1.38 bits per heavy atom. The number of aromatic nitrogens is 2. The third-order valence-electron chi connectivity index (χ3n) is 1.63. The molecule has 0 N–H and O–H groups in total. The van der Waals surface area contributed by atoms with Gasteiger partial charge in [0.15, 0.2) is 5.82 Å². The molecule has 13 heavy (non-hydrogen) atoms. The molecule has 0 spiro atoms. The Labute approximate surface area is 85.2 Å². The minimum absolute atomic E-state index is 0.430. The van der Waals surface area contributed by atoms with E-state index in [2.05, 4.69) is 9.97 Å². The monoisotopic (exact) mass is 210 g/mol. The minimum atomic E-state index is 0.430. The van der Waals surface area contributed by atoms with E-state index in [1.54, 1.807) is 17.5 Å². The molecule has 0 saturated carbocycles. The van der Waals surface area contributed by atoms with Crippen LogP contribution in [0.2, 0.25) is 0 Å². The number of nitrogens with zero attached hydrogens (tertiary/aromatic N) is 2. The average molecular weight is 211 g/mol. The maximum absolute atomic E-state index is 5.67. The van der Waals surface area contributed by atoms with Crippen LogP contribution in [-0.2, 0) is 5.88 Å². The molecule has 0 saturated heterocycles. The molecule has 66 valence electrons. The van der Waals surface area contributed by atoms with Crippen molar-refractivity contribution in [2.75, 3.05) is 0 Å². The van der Waals surface area contributed by atoms with Crippen LogP contribution in [0.3, 0.4) is 0 Å². The van der Waals surface area contributed by atoms with E-state index in [0.717, 1.165) is 17.1 Å². The van der Waals surface area contributed by atoms with E-state index in [1.807, 2.05) is 22.9 Å². The number of rotatable bonds is 2. The number of halogens is 1. The normalized spacial score (nSPS) is 10.2. The molecule has 0 fully saturated rings. The summed E-state index contributed by atoms with van der Waals surface area (Å²) in [5, 5.41) is 4.03. The van der Waals surface area contributed by atoms with Crippen molar-refractivity contribution in [1.82, 2.24) is 9.97 Å². The van der Waals surface area contributed by atoms with Gasteiger partial charge in [0.05, 0.1) is 11.6 Å². The number of hydrogen-bond acceptors (Lipinski definition) is 3. The van der Waals surface area contributed by atoms with Crippen LogP contribution in [0.25, 0.3) is 11.4 Å². The molecule has 0 aromatic carbocycles. The first-order valence-corrected chi connectivity index (χ1v) is 5.28. The Kier molecular flexibility index (Phi) is 2.57. The largest absolute Gasteiger partial charge is 0.237 e. The molecule has 2 aromatic heterocycles. The fourth-order valence-electron chi connectivity index (χ4n) is 1.00. The molecule has 0 aliphatic heterocycles. The molecule has 0 unspecified atom stereocenters. The van der Waals surface area contributed by atoms with Crippen LogP contribution in [0.15, 0.2) is 29.1 Å². The second kappa shape index (κ2) is 3.85. The van der Waals surface area contributed by atoms with Crippen LogP contribution in [0.5, 0.6) is 0 Å². The van der Waals surface area contributed by atoms with E-state index in [4.69, 9.17) is 11.6 Å². The highest BCUT2D eigenvalue weighted by molar-refractivity contribution is 7.08. The molecule has 0 amide bonds. The summed E-state index contributed by atoms with van der Waals surface area (Å²) in [7, 11) is 0. The number of thiophene rings is 1. The average Bonchev–Trinajstić information content (AvgIpc) is 2.71. The van der Waals surface area contributed by atoms with Crippen molar-refractivity contribution >= 4 is 22.9 Å². The van der Waals surface area contributed by atoms with Crippen molar-refractivity contribution < 1.29 is 0 Å². The van der Waals surface area contributed by atoms with Gasteiger partial charge in [-0.05, 0) is 17.5 Å². The standard InChI is InChI=1S/C9H7ClN2S/c10-5-8-1-3-11-9(12-8)7-2-4-13-6-7/h1-4,6H,5H2. The molecule has 0 atom stereocenters. The van der Waals surface area contributed by atoms with E-state index >= 15 is 0 Å². The zero-order valence-electron chi connectivity index (χ0n) is 6.77. The van der Waals surface area contributed by atoms with E-state index in [0.29, 0.717) is 5.88 Å². The zero-order valence-corrected chi connectivity index (χ0v) is 8.35. The first-order valence-electron chi connectivity index (χ1n) is 3.80. The summed E-state index contributed by atoms with van der Waals surface area (Å²) in [4.78, 5) is 8.46. The maximum atomic E-state index is 5.67. The molecule has 4 heteroatoms. The molecule has 0 radical (unpaired) electrons. The van der Waals surface area contributed by atoms with Crippen molar-refractivity contribution in [3.05, 3.63) is 34.8 Å². The van der Waals surface area contributed by atoms with Crippen LogP contribution in [-0.4, -0.2) is 9.97 Å². The first kappa shape index (κ1) is 8.66. The molecule has 2 rings (SSSR count). The lowest BCUT2D eigenvalue weighted by Gasteiger charge is -1.97. The Morgan fingerprint density at radius 3 is 3.00 bits per heavy atom. The zero-order chi connectivity index (χ0) is 9.10. The summed E-state index contributed by atoms with van der Waals surface area (Å²) in [6, 6.07) is 3.82. The Bertz CT molecular complexity index is 386. The van der Waals surface area contributed by atoms with Gasteiger partial charge in [0.2, 0.25) is 0 Å². The molecule has 0 aliphatic carbocycles. The molecular formula is C9H7ClN2S. The van der Waals surface area contributed by atoms with Gasteiger partial charge in [-0.3, -0.25) is 0 Å². The summed E-state index contributed by atoms with van der Waals surface area (Å²) < 4.78 is 0. The fourth-order valence-corrected chi connectivity index (χ4v) is 1.78. The predicted octanol–water partition coefficient (Wildman–Crippen LogP) is 2.94. The van der Waals surface area contributed by atoms with Gasteiger partial charge in [0.1, 0.15) is 0 Å². The van der Waals surface area contributed by atoms with Gasteiger partial charge in [0.25, 0.3) is 0 Å². The van der Waals surface area contributed by atoms with E-state index in [-0.39, 0.29) is 0 Å². The van der Waals surface area contributed by atoms with E-state index < -0.39 is 0 Å². The van der Waals surface area contributed by atoms with Crippen molar-refractivity contribution in [2.45, 2.75) is 5.88 Å². The Morgan fingerprint density at radius 2 is 2.31 bits per heavy atom. The summed E-state index contributed by atoms with van der Waals surface area (Å²) >= 11 is 7.31. The lowest BCUT2D eigenvalue weighted by Crippen LogP contribution is -1.90. The fraction of sp³-hybridized carbons (Fsp3) is 0.111. The lowest BCUT2D eigenvalue weighted by molar-refractivity contribution is 1.10. The summed E-state index contributed by atoms with van der Waals surface area (Å²) in [6.07, 6.45) is 1.73. The van der Waals surface area contributed by atoms with Crippen molar-refractivity contribution in [1.29, 1.82) is 0 Å². The molecule has 2 aromatic rings. The van der Waals surface area contributed by atoms with Gasteiger partial charge in [-0.15, -0.1) is 11.6 Å². The topological polar surface area (TPSA) is 25.8 Å². The van der Waals surface area contributed by atoms with E-state index in [1.165, 1.54) is 0 Å². The maximum Gasteiger partial charge on any atom is 0.160 e. The Balaban J connectivity index is 2.41. The highest BCUT2D eigenvalue weighted by Crippen LogP contribution is 2.17. The highest BCUT2D eigenvalue weighted by Gasteiger charge is 2.01. The van der Waals surface area contributed by atoms with E-state index in [9.17, 15) is 0 Å². The van der Waals surface area contributed by atoms with Gasteiger partial charge in [-0.1, -0.05) is 0 Å². The van der Waals surface area contributed by atoms with Gasteiger partial charge in [-0.25, -0.2) is 9.97 Å². The first-order chi connectivity index (χ1) is 6.40. The van der Waals surface area contributed by atoms with Crippen LogP contribution >= 0.6 is 22.9 Å². The predicted molar refractivity (Wildman–Crippen MR) is 54.9 cm³/mol. The van der Waals surface area contributed by atoms with Crippen LogP contribution < -0.4 is 0 Å². The Hall–Kier alpha value is -0.930. The molecular weight excluding hydrogens is 204 g/mol.